The van der Waals surface area contributed by atoms with E-state index < -0.39 is 22.5 Å². The van der Waals surface area contributed by atoms with Gasteiger partial charge in [0.15, 0.2) is 0 Å². The molecular formula is C20H25Cl2NSiTi. The van der Waals surface area contributed by atoms with Gasteiger partial charge in [0.1, 0.15) is 0 Å². The van der Waals surface area contributed by atoms with E-state index in [0.717, 1.165) is 0 Å². The summed E-state index contributed by atoms with van der Waals surface area (Å²) in [6.45, 7) is 4.32. The molecule has 2 unspecified atom stereocenters. The molecule has 1 aliphatic rings. The van der Waals surface area contributed by atoms with E-state index in [-0.39, 0.29) is 24.8 Å². The van der Waals surface area contributed by atoms with Crippen molar-refractivity contribution < 1.29 is 15.8 Å². The Bertz CT molecular complexity index is 872. The smallest absolute Gasteiger partial charge is 0.147 e. The predicted octanol–water partition coefficient (Wildman–Crippen LogP) is 5.59. The fraction of sp³-hybridized carbons (Fsp3) is 0.200. The molecule has 0 radical (unpaired) electrons. The number of benzene rings is 2. The Hall–Kier alpha value is -0.769. The SMILES string of the molecule is C[SiH](C)[Ti]([CH3])([c]1cc2ccccc2[nH]1)[CH]1C=Cc2ccccc21.Cl.Cl. The Morgan fingerprint density at radius 1 is 0.960 bits per heavy atom. The Balaban J connectivity index is 0.00000113. The van der Waals surface area contributed by atoms with Crippen molar-refractivity contribution in [2.45, 2.75) is 22.5 Å². The van der Waals surface area contributed by atoms with Gasteiger partial charge in [-0.25, -0.2) is 0 Å². The number of para-hydroxylation sites is 1. The second-order valence-corrected chi connectivity index (χ2v) is 25.7. The quantitative estimate of drug-likeness (QED) is 0.526. The summed E-state index contributed by atoms with van der Waals surface area (Å²) in [5.41, 5.74) is 4.29. The number of nitrogens with one attached hydrogen (secondary N) is 1. The van der Waals surface area contributed by atoms with E-state index in [1.807, 2.05) is 0 Å². The normalized spacial score (nSPS) is 17.7. The van der Waals surface area contributed by atoms with E-state index in [1.54, 1.807) is 9.56 Å². The van der Waals surface area contributed by atoms with E-state index >= 15 is 0 Å². The maximum atomic E-state index is 3.81. The zero-order valence-electron chi connectivity index (χ0n) is 14.8. The second-order valence-electron chi connectivity index (χ2n) is 7.17. The first-order valence-corrected chi connectivity index (χ1v) is 17.3. The minimum atomic E-state index is -2.23. The van der Waals surface area contributed by atoms with Gasteiger partial charge in [-0.15, -0.1) is 24.8 Å². The molecule has 1 nitrogen and oxygen atoms in total. The molecule has 1 aliphatic carbocycles. The number of aromatic nitrogens is 1. The zero-order chi connectivity index (χ0) is 16.0. The van der Waals surface area contributed by atoms with Crippen LogP contribution in [0.5, 0.6) is 0 Å². The first-order valence-electron chi connectivity index (χ1n) is 8.46. The molecule has 5 heteroatoms. The molecule has 2 atom stereocenters. The molecule has 0 spiro atoms. The minimum Gasteiger partial charge on any atom is -0.147 e. The van der Waals surface area contributed by atoms with Crippen LogP contribution in [-0.2, 0) is 15.8 Å². The third-order valence-corrected chi connectivity index (χ3v) is 27.2. The number of rotatable bonds is 3. The molecule has 1 aromatic heterocycles. The summed E-state index contributed by atoms with van der Waals surface area (Å²) < 4.78 is 2.24. The number of H-pyrrole nitrogens is 1. The third-order valence-electron chi connectivity index (χ3n) is 5.76. The van der Waals surface area contributed by atoms with Crippen LogP contribution in [-0.4, -0.2) is 11.6 Å². The van der Waals surface area contributed by atoms with Gasteiger partial charge in [-0.3, -0.25) is 0 Å². The number of hydrogen-bond acceptors (Lipinski definition) is 0. The van der Waals surface area contributed by atoms with Gasteiger partial charge in [-0.1, -0.05) is 0 Å². The molecule has 25 heavy (non-hydrogen) atoms. The molecule has 4 rings (SSSR count). The van der Waals surface area contributed by atoms with Crippen LogP contribution in [0.25, 0.3) is 17.0 Å². The molecule has 132 valence electrons. The first-order chi connectivity index (χ1) is 11.1. The molecule has 3 aromatic rings. The summed E-state index contributed by atoms with van der Waals surface area (Å²) in [7, 11) is 0. The van der Waals surface area contributed by atoms with Crippen LogP contribution < -0.4 is 4.00 Å². The van der Waals surface area contributed by atoms with Crippen LogP contribution in [0, 0.1) is 0 Å². The average molecular weight is 426 g/mol. The van der Waals surface area contributed by atoms with Crippen molar-refractivity contribution in [3.8, 4) is 0 Å². The van der Waals surface area contributed by atoms with E-state index in [2.05, 4.69) is 90.1 Å². The van der Waals surface area contributed by atoms with E-state index in [9.17, 15) is 0 Å². The summed E-state index contributed by atoms with van der Waals surface area (Å²) in [6, 6.07) is 20.1. The fourth-order valence-electron chi connectivity index (χ4n) is 3.97. The second kappa shape index (κ2) is 7.86. The summed E-state index contributed by atoms with van der Waals surface area (Å²) >= 11 is -2.23. The molecular weight excluding hydrogens is 401 g/mol. The Labute approximate surface area is 166 Å². The van der Waals surface area contributed by atoms with Crippen LogP contribution in [0.15, 0.2) is 60.7 Å². The van der Waals surface area contributed by atoms with Crippen molar-refractivity contribution in [1.82, 2.24) is 4.98 Å². The third kappa shape index (κ3) is 3.31. The van der Waals surface area contributed by atoms with Crippen molar-refractivity contribution >= 4 is 52.5 Å². The van der Waals surface area contributed by atoms with E-state index in [0.29, 0.717) is 4.22 Å². The topological polar surface area (TPSA) is 15.8 Å². The molecule has 0 saturated carbocycles. The van der Waals surface area contributed by atoms with Gasteiger partial charge in [0.2, 0.25) is 0 Å². The molecule has 1 N–H and O–H groups in total. The van der Waals surface area contributed by atoms with Crippen molar-refractivity contribution in [3.05, 3.63) is 71.8 Å². The molecule has 0 amide bonds. The standard InChI is InChI=1S/C9H7.C8H6N.C2H7Si.CH3.2ClH.Ti/c1-2-5-9-7-3-6-8(9)4-1;1-2-4-8-7(3-1)5-6-9-8;1-3-2;;;;/h1-7H;1-5,9H;3H,1-2H3;1H3;2*1H;. The largest absolute Gasteiger partial charge is 0.147 e. The number of hydrogen-bond donors (Lipinski definition) is 1. The molecule has 0 saturated heterocycles. The Morgan fingerprint density at radius 3 is 2.36 bits per heavy atom. The molecule has 0 aliphatic heterocycles. The summed E-state index contributed by atoms with van der Waals surface area (Å²) in [4.78, 5) is 3.81. The van der Waals surface area contributed by atoms with Gasteiger partial charge in [-0.2, -0.15) is 0 Å². The van der Waals surface area contributed by atoms with Crippen LogP contribution in [0.1, 0.15) is 15.3 Å². The molecule has 0 fully saturated rings. The Kier molecular flexibility index (Phi) is 6.45. The van der Waals surface area contributed by atoms with Crippen LogP contribution in [0.3, 0.4) is 0 Å². The first kappa shape index (κ1) is 20.5. The van der Waals surface area contributed by atoms with Gasteiger partial charge >= 0.3 is 143 Å². The average Bonchev–Trinajstić information content (AvgIpc) is 3.18. The van der Waals surface area contributed by atoms with Gasteiger partial charge < -0.3 is 0 Å². The van der Waals surface area contributed by atoms with Crippen molar-refractivity contribution in [1.29, 1.82) is 0 Å². The number of aromatic amines is 1. The fourth-order valence-corrected chi connectivity index (χ4v) is 17.5. The van der Waals surface area contributed by atoms with Crippen LogP contribution in [0.4, 0.5) is 0 Å². The van der Waals surface area contributed by atoms with Gasteiger partial charge in [0, 0.05) is 0 Å². The molecule has 1 heterocycles. The number of allylic oxidation sites excluding steroid dienone is 1. The van der Waals surface area contributed by atoms with Gasteiger partial charge in [0.05, 0.1) is 0 Å². The predicted molar refractivity (Wildman–Crippen MR) is 115 cm³/mol. The van der Waals surface area contributed by atoms with Crippen molar-refractivity contribution in [2.75, 3.05) is 0 Å². The number of fused-ring (bicyclic) bond motifs is 2. The number of halogens is 2. The van der Waals surface area contributed by atoms with E-state index in [4.69, 9.17) is 0 Å². The van der Waals surface area contributed by atoms with Crippen LogP contribution >= 0.6 is 24.8 Å². The minimum absolute atomic E-state index is 0. The monoisotopic (exact) mass is 425 g/mol. The van der Waals surface area contributed by atoms with Gasteiger partial charge in [-0.05, 0) is 0 Å². The summed E-state index contributed by atoms with van der Waals surface area (Å²) in [5, 5.41) is 4.02. The zero-order valence-corrected chi connectivity index (χ0v) is 19.2. The summed E-state index contributed by atoms with van der Waals surface area (Å²) in [5.74, 6) is 0. The van der Waals surface area contributed by atoms with Gasteiger partial charge in [0.25, 0.3) is 0 Å². The molecule has 0 bridgehead atoms. The van der Waals surface area contributed by atoms with Crippen molar-refractivity contribution in [2.24, 2.45) is 0 Å². The summed E-state index contributed by atoms with van der Waals surface area (Å²) in [6.07, 6.45) is 4.85. The Morgan fingerprint density at radius 2 is 1.64 bits per heavy atom. The van der Waals surface area contributed by atoms with Crippen LogP contribution in [0.2, 0.25) is 18.3 Å². The maximum Gasteiger partial charge on any atom is -0.147 e. The van der Waals surface area contributed by atoms with Crippen molar-refractivity contribution in [3.63, 3.8) is 0 Å². The van der Waals surface area contributed by atoms with E-state index in [1.165, 1.54) is 16.5 Å². The maximum absolute atomic E-state index is 3.81. The molecule has 2 aromatic carbocycles.